The quantitative estimate of drug-likeness (QED) is 0.736. The van der Waals surface area contributed by atoms with E-state index in [0.29, 0.717) is 16.4 Å². The molecule has 126 valence electrons. The lowest BCUT2D eigenvalue weighted by Crippen LogP contribution is -2.18. The summed E-state index contributed by atoms with van der Waals surface area (Å²) < 4.78 is 0. The lowest BCUT2D eigenvalue weighted by Gasteiger charge is -2.17. The summed E-state index contributed by atoms with van der Waals surface area (Å²) >= 11 is 2.70. The first-order valence-electron chi connectivity index (χ1n) is 7.70. The number of fused-ring (bicyclic) bond motifs is 1. The lowest BCUT2D eigenvalue weighted by molar-refractivity contribution is -0.116. The Morgan fingerprint density at radius 3 is 2.96 bits per heavy atom. The molecule has 0 radical (unpaired) electrons. The average Bonchev–Trinajstić information content (AvgIpc) is 3.23. The van der Waals surface area contributed by atoms with Gasteiger partial charge in [-0.15, -0.1) is 22.7 Å². The molecule has 0 spiro atoms. The summed E-state index contributed by atoms with van der Waals surface area (Å²) in [5, 5.41) is 8.17. The van der Waals surface area contributed by atoms with Crippen LogP contribution >= 0.6 is 22.7 Å². The number of hydrogen-bond acceptors (Lipinski definition) is 6. The average molecular weight is 370 g/mol. The van der Waals surface area contributed by atoms with Gasteiger partial charge in [-0.25, -0.2) is 9.97 Å². The van der Waals surface area contributed by atoms with Gasteiger partial charge in [0.05, 0.1) is 16.9 Å². The highest BCUT2D eigenvalue weighted by molar-refractivity contribution is 7.14. The molecule has 6 nitrogen and oxygen atoms in total. The fourth-order valence-corrected chi connectivity index (χ4v) is 4.09. The summed E-state index contributed by atoms with van der Waals surface area (Å²) in [6.45, 7) is 1.81. The molecule has 2 amide bonds. The van der Waals surface area contributed by atoms with Crippen molar-refractivity contribution in [2.24, 2.45) is 0 Å². The topological polar surface area (TPSA) is 84.0 Å². The van der Waals surface area contributed by atoms with Gasteiger partial charge in [0.15, 0.2) is 5.13 Å². The molecule has 1 aliphatic heterocycles. The van der Waals surface area contributed by atoms with Gasteiger partial charge in [0.1, 0.15) is 4.88 Å². The fraction of sp³-hybridized carbons (Fsp3) is 0.176. The van der Waals surface area contributed by atoms with E-state index in [9.17, 15) is 9.59 Å². The summed E-state index contributed by atoms with van der Waals surface area (Å²) in [6.07, 6.45) is 1.23. The van der Waals surface area contributed by atoms with E-state index in [4.69, 9.17) is 0 Å². The number of rotatable bonds is 3. The van der Waals surface area contributed by atoms with E-state index in [0.717, 1.165) is 34.6 Å². The first-order valence-corrected chi connectivity index (χ1v) is 9.46. The van der Waals surface area contributed by atoms with Gasteiger partial charge in [0.25, 0.3) is 5.91 Å². The molecule has 1 aromatic carbocycles. The van der Waals surface area contributed by atoms with Crippen LogP contribution in [0.1, 0.15) is 27.3 Å². The maximum atomic E-state index is 12.2. The number of anilines is 2. The molecule has 0 aliphatic carbocycles. The van der Waals surface area contributed by atoms with E-state index in [1.165, 1.54) is 22.7 Å². The molecule has 0 bridgehead atoms. The molecule has 2 aromatic heterocycles. The number of benzene rings is 1. The van der Waals surface area contributed by atoms with Gasteiger partial charge in [0.2, 0.25) is 5.91 Å². The minimum Gasteiger partial charge on any atom is -0.326 e. The molecule has 2 N–H and O–H groups in total. The SMILES string of the molecule is Cc1ncsc1C(=O)Nc1nc(-c2ccc3c(c2)CCC(=O)N3)cs1. The summed E-state index contributed by atoms with van der Waals surface area (Å²) in [4.78, 5) is 32.9. The number of carbonyl (C=O) groups is 2. The minimum atomic E-state index is -0.186. The first-order chi connectivity index (χ1) is 12.1. The molecule has 25 heavy (non-hydrogen) atoms. The Morgan fingerprint density at radius 1 is 1.28 bits per heavy atom. The molecule has 3 aromatic rings. The number of amides is 2. The Bertz CT molecular complexity index is 977. The van der Waals surface area contributed by atoms with E-state index in [2.05, 4.69) is 20.6 Å². The van der Waals surface area contributed by atoms with Crippen molar-refractivity contribution < 1.29 is 9.59 Å². The molecule has 4 rings (SSSR count). The molecule has 0 unspecified atom stereocenters. The number of nitrogens with zero attached hydrogens (tertiary/aromatic N) is 2. The highest BCUT2D eigenvalue weighted by Gasteiger charge is 2.17. The van der Waals surface area contributed by atoms with Crippen LogP contribution in [0.15, 0.2) is 29.1 Å². The van der Waals surface area contributed by atoms with Crippen LogP contribution in [0.2, 0.25) is 0 Å². The van der Waals surface area contributed by atoms with Gasteiger partial charge in [-0.3, -0.25) is 14.9 Å². The summed E-state index contributed by atoms with van der Waals surface area (Å²) in [5.41, 5.74) is 6.13. The number of thiazole rings is 2. The van der Waals surface area contributed by atoms with Crippen molar-refractivity contribution in [2.45, 2.75) is 19.8 Å². The maximum Gasteiger partial charge on any atom is 0.269 e. The third-order valence-electron chi connectivity index (χ3n) is 3.97. The Kier molecular flexibility index (Phi) is 4.06. The van der Waals surface area contributed by atoms with Crippen molar-refractivity contribution in [3.8, 4) is 11.3 Å². The van der Waals surface area contributed by atoms with Crippen molar-refractivity contribution in [1.29, 1.82) is 0 Å². The second-order valence-electron chi connectivity index (χ2n) is 5.68. The zero-order valence-corrected chi connectivity index (χ0v) is 15.0. The van der Waals surface area contributed by atoms with E-state index < -0.39 is 0 Å². The molecule has 0 fully saturated rings. The lowest BCUT2D eigenvalue weighted by atomic mass is 9.99. The molecule has 8 heteroatoms. The molecule has 0 saturated carbocycles. The predicted octanol–water partition coefficient (Wildman–Crippen LogP) is 3.71. The van der Waals surface area contributed by atoms with Crippen LogP contribution in [0.25, 0.3) is 11.3 Å². The maximum absolute atomic E-state index is 12.2. The molecule has 0 atom stereocenters. The van der Waals surface area contributed by atoms with Crippen molar-refractivity contribution in [1.82, 2.24) is 9.97 Å². The van der Waals surface area contributed by atoms with Gasteiger partial charge in [-0.1, -0.05) is 6.07 Å². The molecule has 1 aliphatic rings. The highest BCUT2D eigenvalue weighted by atomic mass is 32.1. The van der Waals surface area contributed by atoms with Gasteiger partial charge >= 0.3 is 0 Å². The smallest absolute Gasteiger partial charge is 0.269 e. The van der Waals surface area contributed by atoms with Gasteiger partial charge < -0.3 is 5.32 Å². The molecule has 0 saturated heterocycles. The second kappa shape index (κ2) is 6.38. The van der Waals surface area contributed by atoms with Crippen molar-refractivity contribution in [2.75, 3.05) is 10.6 Å². The summed E-state index contributed by atoms with van der Waals surface area (Å²) in [7, 11) is 0. The molecule has 3 heterocycles. The number of carbonyl (C=O) groups excluding carboxylic acids is 2. The normalized spacial score (nSPS) is 13.2. The number of aromatic nitrogens is 2. The van der Waals surface area contributed by atoms with Crippen LogP contribution in [0, 0.1) is 6.92 Å². The van der Waals surface area contributed by atoms with E-state index in [1.807, 2.05) is 30.5 Å². The monoisotopic (exact) mass is 370 g/mol. The Morgan fingerprint density at radius 2 is 2.16 bits per heavy atom. The molecular formula is C17H14N4O2S2. The van der Waals surface area contributed by atoms with Gasteiger partial charge in [-0.05, 0) is 31.0 Å². The predicted molar refractivity (Wildman–Crippen MR) is 99.3 cm³/mol. The van der Waals surface area contributed by atoms with Crippen LogP contribution in [-0.4, -0.2) is 21.8 Å². The van der Waals surface area contributed by atoms with Crippen LogP contribution in [0.5, 0.6) is 0 Å². The summed E-state index contributed by atoms with van der Waals surface area (Å²) in [6, 6.07) is 5.88. The van der Waals surface area contributed by atoms with Crippen LogP contribution in [-0.2, 0) is 11.2 Å². The number of hydrogen-bond donors (Lipinski definition) is 2. The second-order valence-corrected chi connectivity index (χ2v) is 7.39. The van der Waals surface area contributed by atoms with Crippen molar-refractivity contribution in [3.63, 3.8) is 0 Å². The third-order valence-corrected chi connectivity index (χ3v) is 5.66. The minimum absolute atomic E-state index is 0.0530. The largest absolute Gasteiger partial charge is 0.326 e. The van der Waals surface area contributed by atoms with Crippen molar-refractivity contribution in [3.05, 3.63) is 45.2 Å². The van der Waals surface area contributed by atoms with Crippen molar-refractivity contribution >= 4 is 45.3 Å². The van der Waals surface area contributed by atoms with E-state index >= 15 is 0 Å². The van der Waals surface area contributed by atoms with Crippen LogP contribution in [0.4, 0.5) is 10.8 Å². The van der Waals surface area contributed by atoms with Crippen LogP contribution in [0.3, 0.4) is 0 Å². The molecular weight excluding hydrogens is 356 g/mol. The van der Waals surface area contributed by atoms with E-state index in [1.54, 1.807) is 5.51 Å². The zero-order chi connectivity index (χ0) is 17.4. The standard InChI is InChI=1S/C17H14N4O2S2/c1-9-15(25-8-18-9)16(23)21-17-20-13(7-24-17)11-2-4-12-10(6-11)3-5-14(22)19-12/h2,4,6-8H,3,5H2,1H3,(H,19,22)(H,20,21,23). The zero-order valence-electron chi connectivity index (χ0n) is 13.3. The Labute approximate surface area is 152 Å². The van der Waals surface area contributed by atoms with Gasteiger partial charge in [-0.2, -0.15) is 0 Å². The third kappa shape index (κ3) is 3.18. The first kappa shape index (κ1) is 15.9. The fourth-order valence-electron chi connectivity index (χ4n) is 2.68. The number of nitrogens with one attached hydrogen (secondary N) is 2. The highest BCUT2D eigenvalue weighted by Crippen LogP contribution is 2.30. The van der Waals surface area contributed by atoms with Gasteiger partial charge in [0, 0.05) is 23.1 Å². The van der Waals surface area contributed by atoms with E-state index in [-0.39, 0.29) is 11.8 Å². The number of aryl methyl sites for hydroxylation is 2. The van der Waals surface area contributed by atoms with Crippen LogP contribution < -0.4 is 10.6 Å². The Hall–Kier alpha value is -2.58. The Balaban J connectivity index is 1.54. The summed E-state index contributed by atoms with van der Waals surface area (Å²) in [5.74, 6) is -0.133.